The predicted octanol–water partition coefficient (Wildman–Crippen LogP) is 3.27. The Morgan fingerprint density at radius 3 is 2.58 bits per heavy atom. The molecule has 1 aromatic heterocycles. The van der Waals surface area contributed by atoms with E-state index < -0.39 is 0 Å². The summed E-state index contributed by atoms with van der Waals surface area (Å²) in [5.41, 5.74) is 1.84. The molecule has 0 bridgehead atoms. The van der Waals surface area contributed by atoms with Crippen molar-refractivity contribution in [1.29, 1.82) is 0 Å². The van der Waals surface area contributed by atoms with Gasteiger partial charge in [0.25, 0.3) is 0 Å². The standard InChI is InChI=1S/C18H26N4O2/c1-13(2)22-17(20-18(24)19-12-14(3)9-10-23)11-16(21-22)15-7-5-4-6-8-15/h4-8,11,13-14,23H,9-10,12H2,1-3H3,(H2,19,20,24). The van der Waals surface area contributed by atoms with Crippen LogP contribution in [0.5, 0.6) is 0 Å². The first-order valence-electron chi connectivity index (χ1n) is 8.32. The molecule has 3 N–H and O–H groups in total. The maximum atomic E-state index is 12.1. The van der Waals surface area contributed by atoms with Gasteiger partial charge in [-0.1, -0.05) is 37.3 Å². The Balaban J connectivity index is 2.09. The largest absolute Gasteiger partial charge is 0.396 e. The van der Waals surface area contributed by atoms with E-state index in [4.69, 9.17) is 5.11 Å². The van der Waals surface area contributed by atoms with Crippen LogP contribution in [-0.2, 0) is 0 Å². The second-order valence-electron chi connectivity index (χ2n) is 6.27. The molecular formula is C18H26N4O2. The third-order valence-electron chi connectivity index (χ3n) is 3.77. The van der Waals surface area contributed by atoms with Crippen molar-refractivity contribution in [3.8, 4) is 11.3 Å². The summed E-state index contributed by atoms with van der Waals surface area (Å²) in [4.78, 5) is 12.1. The Hall–Kier alpha value is -2.34. The molecule has 1 heterocycles. The number of aliphatic hydroxyl groups is 1. The zero-order valence-corrected chi connectivity index (χ0v) is 14.5. The van der Waals surface area contributed by atoms with Crippen LogP contribution in [0.1, 0.15) is 33.2 Å². The Bertz CT molecular complexity index is 652. The highest BCUT2D eigenvalue weighted by molar-refractivity contribution is 5.89. The van der Waals surface area contributed by atoms with E-state index in [1.165, 1.54) is 0 Å². The smallest absolute Gasteiger partial charge is 0.320 e. The summed E-state index contributed by atoms with van der Waals surface area (Å²) in [5, 5.41) is 19.2. The lowest BCUT2D eigenvalue weighted by molar-refractivity contribution is 0.243. The van der Waals surface area contributed by atoms with Crippen molar-refractivity contribution >= 4 is 11.8 Å². The Labute approximate surface area is 142 Å². The van der Waals surface area contributed by atoms with Crippen molar-refractivity contribution in [3.05, 3.63) is 36.4 Å². The number of benzene rings is 1. The first-order valence-corrected chi connectivity index (χ1v) is 8.32. The molecule has 130 valence electrons. The minimum atomic E-state index is -0.263. The number of carbonyl (C=O) groups is 1. The van der Waals surface area contributed by atoms with Crippen LogP contribution in [0.3, 0.4) is 0 Å². The first-order chi connectivity index (χ1) is 11.5. The van der Waals surface area contributed by atoms with Crippen LogP contribution in [0, 0.1) is 5.92 Å². The molecule has 2 amide bonds. The van der Waals surface area contributed by atoms with Crippen molar-refractivity contribution in [3.63, 3.8) is 0 Å². The lowest BCUT2D eigenvalue weighted by Gasteiger charge is -2.14. The average Bonchev–Trinajstić information content (AvgIpc) is 2.98. The predicted molar refractivity (Wildman–Crippen MR) is 95.9 cm³/mol. The van der Waals surface area contributed by atoms with Gasteiger partial charge >= 0.3 is 6.03 Å². The number of rotatable bonds is 7. The lowest BCUT2D eigenvalue weighted by atomic mass is 10.1. The molecule has 6 heteroatoms. The van der Waals surface area contributed by atoms with Crippen molar-refractivity contribution in [2.75, 3.05) is 18.5 Å². The van der Waals surface area contributed by atoms with Gasteiger partial charge in [-0.25, -0.2) is 9.48 Å². The van der Waals surface area contributed by atoms with Gasteiger partial charge in [-0.15, -0.1) is 0 Å². The molecule has 2 rings (SSSR count). The zero-order valence-electron chi connectivity index (χ0n) is 14.5. The van der Waals surface area contributed by atoms with Crippen LogP contribution in [0.4, 0.5) is 10.6 Å². The van der Waals surface area contributed by atoms with Gasteiger partial charge in [0.05, 0.1) is 5.69 Å². The van der Waals surface area contributed by atoms with E-state index in [1.807, 2.05) is 57.2 Å². The summed E-state index contributed by atoms with van der Waals surface area (Å²) in [6.45, 7) is 6.68. The minimum Gasteiger partial charge on any atom is -0.396 e. The van der Waals surface area contributed by atoms with Gasteiger partial charge in [-0.2, -0.15) is 5.10 Å². The number of hydrogen-bond donors (Lipinski definition) is 3. The summed E-state index contributed by atoms with van der Waals surface area (Å²) >= 11 is 0. The van der Waals surface area contributed by atoms with E-state index in [-0.39, 0.29) is 24.6 Å². The van der Waals surface area contributed by atoms with E-state index in [0.717, 1.165) is 11.3 Å². The van der Waals surface area contributed by atoms with Gasteiger partial charge in [0, 0.05) is 30.8 Å². The number of aliphatic hydroxyl groups excluding tert-OH is 1. The number of carbonyl (C=O) groups excluding carboxylic acids is 1. The summed E-state index contributed by atoms with van der Waals surface area (Å²) in [6.07, 6.45) is 0.669. The molecule has 0 spiro atoms. The van der Waals surface area contributed by atoms with Crippen LogP contribution >= 0.6 is 0 Å². The van der Waals surface area contributed by atoms with E-state index in [9.17, 15) is 4.79 Å². The van der Waals surface area contributed by atoms with E-state index in [2.05, 4.69) is 15.7 Å². The quantitative estimate of drug-likeness (QED) is 0.729. The minimum absolute atomic E-state index is 0.130. The molecule has 1 aromatic carbocycles. The monoisotopic (exact) mass is 330 g/mol. The molecule has 1 atom stereocenters. The number of hydrogen-bond acceptors (Lipinski definition) is 3. The molecule has 1 unspecified atom stereocenters. The van der Waals surface area contributed by atoms with Gasteiger partial charge in [0.1, 0.15) is 5.82 Å². The van der Waals surface area contributed by atoms with Crippen molar-refractivity contribution in [1.82, 2.24) is 15.1 Å². The molecule has 0 saturated heterocycles. The number of nitrogens with zero attached hydrogens (tertiary/aromatic N) is 2. The molecule has 0 fully saturated rings. The second kappa shape index (κ2) is 8.49. The zero-order chi connectivity index (χ0) is 17.5. The normalized spacial score (nSPS) is 12.2. The average molecular weight is 330 g/mol. The summed E-state index contributed by atoms with van der Waals surface area (Å²) in [6, 6.07) is 11.6. The molecular weight excluding hydrogens is 304 g/mol. The van der Waals surface area contributed by atoms with Gasteiger partial charge < -0.3 is 10.4 Å². The highest BCUT2D eigenvalue weighted by Crippen LogP contribution is 2.24. The topological polar surface area (TPSA) is 79.2 Å². The van der Waals surface area contributed by atoms with Crippen LogP contribution in [0.15, 0.2) is 36.4 Å². The van der Waals surface area contributed by atoms with E-state index >= 15 is 0 Å². The van der Waals surface area contributed by atoms with Crippen molar-refractivity contribution in [2.45, 2.75) is 33.2 Å². The summed E-state index contributed by atoms with van der Waals surface area (Å²) in [5.74, 6) is 0.895. The Kier molecular flexibility index (Phi) is 6.37. The third-order valence-corrected chi connectivity index (χ3v) is 3.77. The van der Waals surface area contributed by atoms with Gasteiger partial charge in [-0.3, -0.25) is 5.32 Å². The first kappa shape index (κ1) is 18.0. The van der Waals surface area contributed by atoms with Gasteiger partial charge in [-0.05, 0) is 26.2 Å². The van der Waals surface area contributed by atoms with Crippen LogP contribution in [0.25, 0.3) is 11.3 Å². The third kappa shape index (κ3) is 4.83. The Morgan fingerprint density at radius 1 is 1.25 bits per heavy atom. The number of nitrogens with one attached hydrogen (secondary N) is 2. The molecule has 2 aromatic rings. The second-order valence-corrected chi connectivity index (χ2v) is 6.27. The maximum Gasteiger partial charge on any atom is 0.320 e. The molecule has 24 heavy (non-hydrogen) atoms. The van der Waals surface area contributed by atoms with E-state index in [1.54, 1.807) is 4.68 Å². The maximum absolute atomic E-state index is 12.1. The molecule has 0 aliphatic rings. The molecule has 0 aliphatic carbocycles. The van der Waals surface area contributed by atoms with Crippen molar-refractivity contribution in [2.24, 2.45) is 5.92 Å². The molecule has 6 nitrogen and oxygen atoms in total. The summed E-state index contributed by atoms with van der Waals surface area (Å²) < 4.78 is 1.80. The number of anilines is 1. The lowest BCUT2D eigenvalue weighted by Crippen LogP contribution is -2.33. The number of amides is 2. The highest BCUT2D eigenvalue weighted by Gasteiger charge is 2.14. The van der Waals surface area contributed by atoms with Crippen LogP contribution < -0.4 is 10.6 Å². The number of urea groups is 1. The fraction of sp³-hybridized carbons (Fsp3) is 0.444. The number of aromatic nitrogens is 2. The fourth-order valence-electron chi connectivity index (χ4n) is 2.38. The molecule has 0 saturated carbocycles. The van der Waals surface area contributed by atoms with E-state index in [0.29, 0.717) is 18.8 Å². The fourth-order valence-corrected chi connectivity index (χ4v) is 2.38. The Morgan fingerprint density at radius 2 is 1.96 bits per heavy atom. The van der Waals surface area contributed by atoms with Crippen LogP contribution in [0.2, 0.25) is 0 Å². The van der Waals surface area contributed by atoms with Crippen molar-refractivity contribution < 1.29 is 9.90 Å². The molecule has 0 aliphatic heterocycles. The van der Waals surface area contributed by atoms with Gasteiger partial charge in [0.15, 0.2) is 0 Å². The van der Waals surface area contributed by atoms with Crippen LogP contribution in [-0.4, -0.2) is 34.1 Å². The SMILES string of the molecule is CC(CCO)CNC(=O)Nc1cc(-c2ccccc2)nn1C(C)C. The molecule has 0 radical (unpaired) electrons. The highest BCUT2D eigenvalue weighted by atomic mass is 16.3. The summed E-state index contributed by atoms with van der Waals surface area (Å²) in [7, 11) is 0. The van der Waals surface area contributed by atoms with Gasteiger partial charge in [0.2, 0.25) is 0 Å².